The van der Waals surface area contributed by atoms with Crippen molar-refractivity contribution < 1.29 is 25.9 Å². The number of benzene rings is 7. The molecule has 7 aromatic carbocycles. The Morgan fingerprint density at radius 2 is 1.36 bits per heavy atom. The Bertz CT molecular complexity index is 3370. The highest BCUT2D eigenvalue weighted by atomic mass is 16.5. The first-order valence-electron chi connectivity index (χ1n) is 23.2. The summed E-state index contributed by atoms with van der Waals surface area (Å²) in [5.74, 6) is 0.255. The molecule has 0 radical (unpaired) electrons. The summed E-state index contributed by atoms with van der Waals surface area (Å²) in [6.45, 7) is 6.62. The van der Waals surface area contributed by atoms with E-state index in [4.69, 9.17) is 20.7 Å². The molecule has 0 saturated carbocycles. The van der Waals surface area contributed by atoms with Crippen LogP contribution in [0.3, 0.4) is 0 Å². The lowest BCUT2D eigenvalue weighted by atomic mass is 9.88. The molecule has 7 heteroatoms. The standard InChI is InChI=1S/C52H42N4O3/c1-52(2,3)35-28-29-53-49(30-35)56-44-22-8-7-18-40(44)41-27-26-38(32-47(41)56)59-37-17-11-16-36(31-37)54-33-55(46-24-10-9-23-45(46)54)50-39(34-14-5-4-6-15-34)19-12-20-42(50)43-21-13-25-48(57)51(43)58/h4-32,57-58H,33H2,1-3H3/i4D,5D,6D,13D,14D,15D,21D,25D. The van der Waals surface area contributed by atoms with E-state index < -0.39 is 59.8 Å². The van der Waals surface area contributed by atoms with Crippen LogP contribution < -0.4 is 14.5 Å². The van der Waals surface area contributed by atoms with E-state index in [0.29, 0.717) is 17.2 Å². The van der Waals surface area contributed by atoms with E-state index in [1.165, 1.54) is 0 Å². The Morgan fingerprint density at radius 3 is 2.19 bits per heavy atom. The summed E-state index contributed by atoms with van der Waals surface area (Å²) >= 11 is 0. The molecule has 1 aliphatic rings. The zero-order valence-corrected chi connectivity index (χ0v) is 32.4. The number of nitrogens with zero attached hydrogens (tertiary/aromatic N) is 4. The van der Waals surface area contributed by atoms with Crippen molar-refractivity contribution in [2.45, 2.75) is 26.2 Å². The van der Waals surface area contributed by atoms with Gasteiger partial charge in [0.25, 0.3) is 0 Å². The van der Waals surface area contributed by atoms with Crippen molar-refractivity contribution in [3.8, 4) is 51.1 Å². The van der Waals surface area contributed by atoms with E-state index in [1.54, 1.807) is 18.2 Å². The summed E-state index contributed by atoms with van der Waals surface area (Å²) in [4.78, 5) is 8.68. The number of hydrogen-bond acceptors (Lipinski definition) is 6. The van der Waals surface area contributed by atoms with Gasteiger partial charge in [-0.25, -0.2) is 4.98 Å². The first kappa shape index (κ1) is 28.0. The molecule has 0 saturated heterocycles. The molecule has 0 spiro atoms. The number of rotatable bonds is 7. The van der Waals surface area contributed by atoms with Gasteiger partial charge in [-0.15, -0.1) is 0 Å². The molecule has 9 aromatic rings. The lowest BCUT2D eigenvalue weighted by Gasteiger charge is -2.27. The Labute approximate surface area is 354 Å². The number of phenolic OH excluding ortho intramolecular Hbond substituents is 2. The summed E-state index contributed by atoms with van der Waals surface area (Å²) < 4.78 is 77.8. The van der Waals surface area contributed by atoms with Gasteiger partial charge in [0.15, 0.2) is 11.5 Å². The molecule has 288 valence electrons. The molecule has 59 heavy (non-hydrogen) atoms. The molecule has 0 bridgehead atoms. The summed E-state index contributed by atoms with van der Waals surface area (Å²) in [5, 5.41) is 24.4. The predicted molar refractivity (Wildman–Crippen MR) is 240 cm³/mol. The number of aromatic hydroxyl groups is 2. The van der Waals surface area contributed by atoms with Crippen LogP contribution in [0.25, 0.3) is 49.9 Å². The van der Waals surface area contributed by atoms with E-state index in [9.17, 15) is 10.2 Å². The van der Waals surface area contributed by atoms with Crippen molar-refractivity contribution in [3.63, 3.8) is 0 Å². The van der Waals surface area contributed by atoms with Crippen molar-refractivity contribution in [1.29, 1.82) is 0 Å². The van der Waals surface area contributed by atoms with E-state index in [-0.39, 0.29) is 40.0 Å². The maximum atomic E-state index is 11.4. The Morgan fingerprint density at radius 1 is 0.627 bits per heavy atom. The predicted octanol–water partition coefficient (Wildman–Crippen LogP) is 13.3. The number of phenols is 2. The van der Waals surface area contributed by atoms with Crippen LogP contribution in [0.4, 0.5) is 22.7 Å². The maximum absolute atomic E-state index is 11.4. The van der Waals surface area contributed by atoms with Gasteiger partial charge in [-0.2, -0.15) is 0 Å². The van der Waals surface area contributed by atoms with Crippen LogP contribution in [0.2, 0.25) is 0 Å². The third-order valence-corrected chi connectivity index (χ3v) is 10.8. The van der Waals surface area contributed by atoms with Crippen LogP contribution in [0, 0.1) is 0 Å². The average Bonchev–Trinajstić information content (AvgIpc) is 3.87. The summed E-state index contributed by atoms with van der Waals surface area (Å²) in [7, 11) is 0. The SMILES string of the molecule is [2H]c1c([2H])c([2H])c(-c2cccc(-c3c([2H])c([2H])c([2H])c(O)c3O)c2N2CN(c3cccc(Oc4ccc5c6ccccc6n(-c6cc(C(C)(C)C)ccn6)c5c4)c3)c3ccccc32)c([2H])c1[2H]. The zero-order valence-electron chi connectivity index (χ0n) is 40.4. The maximum Gasteiger partial charge on any atom is 0.165 e. The minimum absolute atomic E-state index is 0.0851. The fourth-order valence-electron chi connectivity index (χ4n) is 7.95. The number of ether oxygens (including phenoxy) is 1. The zero-order chi connectivity index (χ0) is 47.2. The number of fused-ring (bicyclic) bond motifs is 4. The van der Waals surface area contributed by atoms with Crippen molar-refractivity contribution in [3.05, 3.63) is 181 Å². The lowest BCUT2D eigenvalue weighted by molar-refractivity contribution is 0.405. The highest BCUT2D eigenvalue weighted by molar-refractivity contribution is 6.09. The molecule has 7 nitrogen and oxygen atoms in total. The van der Waals surface area contributed by atoms with Crippen molar-refractivity contribution >= 4 is 44.6 Å². The van der Waals surface area contributed by atoms with Crippen LogP contribution >= 0.6 is 0 Å². The van der Waals surface area contributed by atoms with Gasteiger partial charge in [-0.3, -0.25) is 4.57 Å². The Balaban J connectivity index is 1.09. The second kappa shape index (κ2) is 14.1. The number of hydrogen-bond donors (Lipinski definition) is 2. The van der Waals surface area contributed by atoms with Gasteiger partial charge in [-0.1, -0.05) is 118 Å². The largest absolute Gasteiger partial charge is 0.504 e. The van der Waals surface area contributed by atoms with Crippen LogP contribution in [0.15, 0.2) is 176 Å². The highest BCUT2D eigenvalue weighted by Gasteiger charge is 2.32. The first-order valence-corrected chi connectivity index (χ1v) is 19.2. The molecule has 0 aliphatic carbocycles. The number of anilines is 4. The molecule has 3 heterocycles. The summed E-state index contributed by atoms with van der Waals surface area (Å²) in [5.41, 5.74) is 5.26. The van der Waals surface area contributed by atoms with Crippen molar-refractivity contribution in [2.24, 2.45) is 0 Å². The quantitative estimate of drug-likeness (QED) is 0.157. The molecule has 0 unspecified atom stereocenters. The Kier molecular flexibility index (Phi) is 6.71. The second-order valence-corrected chi connectivity index (χ2v) is 15.4. The summed E-state index contributed by atoms with van der Waals surface area (Å²) in [6.07, 6.45) is 1.85. The average molecular weight is 779 g/mol. The third-order valence-electron chi connectivity index (χ3n) is 10.8. The number of aromatic nitrogens is 2. The van der Waals surface area contributed by atoms with Crippen LogP contribution in [-0.2, 0) is 5.41 Å². The van der Waals surface area contributed by atoms with Gasteiger partial charge in [0.2, 0.25) is 0 Å². The molecule has 10 rings (SSSR count). The van der Waals surface area contributed by atoms with E-state index >= 15 is 0 Å². The van der Waals surface area contributed by atoms with E-state index in [2.05, 4.69) is 49.6 Å². The van der Waals surface area contributed by atoms with Crippen LogP contribution in [0.5, 0.6) is 23.0 Å². The van der Waals surface area contributed by atoms with Gasteiger partial charge in [0, 0.05) is 51.5 Å². The number of pyridine rings is 1. The minimum atomic E-state index is -0.887. The van der Waals surface area contributed by atoms with Gasteiger partial charge in [0.1, 0.15) is 24.0 Å². The van der Waals surface area contributed by atoms with Gasteiger partial charge < -0.3 is 24.7 Å². The first-order chi connectivity index (χ1) is 32.0. The van der Waals surface area contributed by atoms with Gasteiger partial charge in [0.05, 0.1) is 39.1 Å². The molecule has 0 amide bonds. The number of para-hydroxylation sites is 5. The molecule has 2 N–H and O–H groups in total. The lowest BCUT2D eigenvalue weighted by Crippen LogP contribution is -2.25. The van der Waals surface area contributed by atoms with Crippen molar-refractivity contribution in [2.75, 3.05) is 16.5 Å². The highest BCUT2D eigenvalue weighted by Crippen LogP contribution is 2.52. The molecular weight excluding hydrogens is 729 g/mol. The smallest absolute Gasteiger partial charge is 0.165 e. The van der Waals surface area contributed by atoms with Gasteiger partial charge in [-0.05, 0) is 77.2 Å². The van der Waals surface area contributed by atoms with Crippen LogP contribution in [-0.4, -0.2) is 26.4 Å². The van der Waals surface area contributed by atoms with Crippen molar-refractivity contribution in [1.82, 2.24) is 9.55 Å². The summed E-state index contributed by atoms with van der Waals surface area (Å²) in [6, 6.07) is 33.7. The second-order valence-electron chi connectivity index (χ2n) is 15.4. The molecular formula is C52H42N4O3. The molecule has 1 aliphatic heterocycles. The Hall–Kier alpha value is -7.51. The minimum Gasteiger partial charge on any atom is -0.504 e. The topological polar surface area (TPSA) is 74.0 Å². The molecule has 0 fully saturated rings. The normalized spacial score (nSPS) is 14.6. The van der Waals surface area contributed by atoms with E-state index in [1.807, 2.05) is 94.9 Å². The fraction of sp³-hybridized carbons (Fsp3) is 0.0962. The van der Waals surface area contributed by atoms with Gasteiger partial charge >= 0.3 is 0 Å². The monoisotopic (exact) mass is 778 g/mol. The molecule has 2 aromatic heterocycles. The fourth-order valence-corrected chi connectivity index (χ4v) is 7.95. The third kappa shape index (κ3) is 6.28. The molecule has 0 atom stereocenters. The van der Waals surface area contributed by atoms with E-state index in [0.717, 1.165) is 44.6 Å². The van der Waals surface area contributed by atoms with Crippen LogP contribution in [0.1, 0.15) is 37.3 Å².